The molecule has 2 rings (SSSR count). The molecule has 0 aromatic heterocycles. The van der Waals surface area contributed by atoms with Crippen LogP contribution in [0.3, 0.4) is 0 Å². The number of benzene rings is 1. The van der Waals surface area contributed by atoms with Crippen LogP contribution in [0.2, 0.25) is 0 Å². The topological polar surface area (TPSA) is 15.3 Å². The molecule has 1 aliphatic rings. The van der Waals surface area contributed by atoms with E-state index in [1.165, 1.54) is 12.8 Å². The van der Waals surface area contributed by atoms with Crippen molar-refractivity contribution >= 4 is 0 Å². The number of likely N-dealkylation sites (N-methyl/N-ethyl adjacent to an activating group) is 1. The highest BCUT2D eigenvalue weighted by molar-refractivity contribution is 5.24. The quantitative estimate of drug-likeness (QED) is 0.815. The van der Waals surface area contributed by atoms with Crippen LogP contribution >= 0.6 is 0 Å². The minimum absolute atomic E-state index is 0.0606. The van der Waals surface area contributed by atoms with Gasteiger partial charge in [-0.15, -0.1) is 0 Å². The van der Waals surface area contributed by atoms with Gasteiger partial charge in [0.1, 0.15) is 5.82 Å². The zero-order chi connectivity index (χ0) is 12.3. The zero-order valence-corrected chi connectivity index (χ0v) is 10.7. The summed E-state index contributed by atoms with van der Waals surface area (Å²) in [6.45, 7) is 4.45. The Morgan fingerprint density at radius 1 is 1.41 bits per heavy atom. The van der Waals surface area contributed by atoms with E-state index < -0.39 is 0 Å². The maximum Gasteiger partial charge on any atom is 0.130 e. The van der Waals surface area contributed by atoms with Crippen LogP contribution in [0.25, 0.3) is 0 Å². The Balaban J connectivity index is 1.79. The molecule has 1 saturated carbocycles. The molecule has 0 radical (unpaired) electrons. The Morgan fingerprint density at radius 3 is 2.88 bits per heavy atom. The van der Waals surface area contributed by atoms with Gasteiger partial charge in [0, 0.05) is 31.2 Å². The van der Waals surface area contributed by atoms with E-state index in [1.807, 2.05) is 32.2 Å². The maximum absolute atomic E-state index is 13.8. The van der Waals surface area contributed by atoms with Crippen molar-refractivity contribution in [2.45, 2.75) is 32.4 Å². The van der Waals surface area contributed by atoms with E-state index in [0.29, 0.717) is 6.54 Å². The number of hydrogen-bond acceptors (Lipinski definition) is 2. The van der Waals surface area contributed by atoms with E-state index in [4.69, 9.17) is 0 Å². The first-order valence-corrected chi connectivity index (χ1v) is 6.32. The summed E-state index contributed by atoms with van der Waals surface area (Å²) in [6.07, 6.45) is 2.63. The summed E-state index contributed by atoms with van der Waals surface area (Å²) in [7, 11) is 2.04. The summed E-state index contributed by atoms with van der Waals surface area (Å²) in [4.78, 5) is 2.16. The fourth-order valence-corrected chi connectivity index (χ4v) is 1.95. The van der Waals surface area contributed by atoms with Gasteiger partial charge in [-0.2, -0.15) is 0 Å². The highest BCUT2D eigenvalue weighted by Crippen LogP contribution is 2.18. The third-order valence-electron chi connectivity index (χ3n) is 3.22. The molecule has 17 heavy (non-hydrogen) atoms. The molecule has 3 heteroatoms. The lowest BCUT2D eigenvalue weighted by molar-refractivity contribution is 0.318. The standard InChI is InChI=1S/C14H21FN2/c1-11-4-3-5-12(14(11)15)10-17(2)9-8-16-13-6-7-13/h3-5,13,16H,6-10H2,1-2H3. The van der Waals surface area contributed by atoms with Crippen LogP contribution in [0, 0.1) is 12.7 Å². The molecule has 0 bridgehead atoms. The molecule has 1 fully saturated rings. The van der Waals surface area contributed by atoms with Gasteiger partial charge < -0.3 is 10.2 Å². The molecule has 0 spiro atoms. The summed E-state index contributed by atoms with van der Waals surface area (Å²) in [5.74, 6) is -0.0606. The predicted octanol–water partition coefficient (Wildman–Crippen LogP) is 2.32. The molecule has 0 heterocycles. The van der Waals surface area contributed by atoms with E-state index in [2.05, 4.69) is 10.2 Å². The summed E-state index contributed by atoms with van der Waals surface area (Å²) < 4.78 is 13.8. The molecule has 0 unspecified atom stereocenters. The van der Waals surface area contributed by atoms with E-state index in [1.54, 1.807) is 0 Å². The van der Waals surface area contributed by atoms with Crippen molar-refractivity contribution in [3.63, 3.8) is 0 Å². The Kier molecular flexibility index (Phi) is 4.13. The second kappa shape index (κ2) is 5.61. The number of halogens is 1. The average molecular weight is 236 g/mol. The smallest absolute Gasteiger partial charge is 0.130 e. The van der Waals surface area contributed by atoms with Gasteiger partial charge in [-0.1, -0.05) is 18.2 Å². The Labute approximate surface area is 103 Å². The van der Waals surface area contributed by atoms with Crippen molar-refractivity contribution in [3.8, 4) is 0 Å². The van der Waals surface area contributed by atoms with Gasteiger partial charge in [0.25, 0.3) is 0 Å². The Bertz CT molecular complexity index is 374. The van der Waals surface area contributed by atoms with Crippen LogP contribution in [0.15, 0.2) is 18.2 Å². The second-order valence-electron chi connectivity index (χ2n) is 5.01. The fraction of sp³-hybridized carbons (Fsp3) is 0.571. The lowest BCUT2D eigenvalue weighted by Crippen LogP contribution is -2.30. The van der Waals surface area contributed by atoms with Crippen molar-refractivity contribution in [1.82, 2.24) is 10.2 Å². The summed E-state index contributed by atoms with van der Waals surface area (Å²) >= 11 is 0. The molecule has 0 atom stereocenters. The molecule has 94 valence electrons. The van der Waals surface area contributed by atoms with Gasteiger partial charge in [0.15, 0.2) is 0 Å². The molecule has 0 saturated heterocycles. The first-order chi connectivity index (χ1) is 8.16. The normalized spacial score (nSPS) is 15.5. The molecule has 2 nitrogen and oxygen atoms in total. The number of hydrogen-bond donors (Lipinski definition) is 1. The predicted molar refractivity (Wildman–Crippen MR) is 68.5 cm³/mol. The molecular formula is C14H21FN2. The summed E-state index contributed by atoms with van der Waals surface area (Å²) in [5.41, 5.74) is 1.52. The Hall–Kier alpha value is -0.930. The number of rotatable bonds is 6. The first kappa shape index (κ1) is 12.5. The maximum atomic E-state index is 13.8. The average Bonchev–Trinajstić information content (AvgIpc) is 3.09. The molecule has 0 amide bonds. The monoisotopic (exact) mass is 236 g/mol. The van der Waals surface area contributed by atoms with E-state index in [-0.39, 0.29) is 5.82 Å². The van der Waals surface area contributed by atoms with Gasteiger partial charge in [-0.25, -0.2) is 4.39 Å². The SMILES string of the molecule is Cc1cccc(CN(C)CCNC2CC2)c1F. The van der Waals surface area contributed by atoms with Crippen LogP contribution in [-0.4, -0.2) is 31.1 Å². The third kappa shape index (κ3) is 3.79. The molecule has 1 N–H and O–H groups in total. The second-order valence-corrected chi connectivity index (χ2v) is 5.01. The minimum atomic E-state index is -0.0606. The highest BCUT2D eigenvalue weighted by Gasteiger charge is 2.19. The molecule has 1 aliphatic carbocycles. The van der Waals surface area contributed by atoms with Crippen LogP contribution in [0.4, 0.5) is 4.39 Å². The Morgan fingerprint density at radius 2 is 2.18 bits per heavy atom. The fourth-order valence-electron chi connectivity index (χ4n) is 1.95. The number of aryl methyl sites for hydroxylation is 1. The van der Waals surface area contributed by atoms with Gasteiger partial charge in [0.05, 0.1) is 0 Å². The largest absolute Gasteiger partial charge is 0.313 e. The zero-order valence-electron chi connectivity index (χ0n) is 10.7. The van der Waals surface area contributed by atoms with Crippen molar-refractivity contribution in [1.29, 1.82) is 0 Å². The summed E-state index contributed by atoms with van der Waals surface area (Å²) in [5, 5.41) is 3.46. The molecule has 1 aromatic carbocycles. The van der Waals surface area contributed by atoms with Gasteiger partial charge in [-0.3, -0.25) is 0 Å². The minimum Gasteiger partial charge on any atom is -0.313 e. The highest BCUT2D eigenvalue weighted by atomic mass is 19.1. The molecule has 1 aromatic rings. The van der Waals surface area contributed by atoms with Gasteiger partial charge in [-0.05, 0) is 32.4 Å². The molecule has 0 aliphatic heterocycles. The van der Waals surface area contributed by atoms with Crippen LogP contribution < -0.4 is 5.32 Å². The van der Waals surface area contributed by atoms with Crippen LogP contribution in [-0.2, 0) is 6.54 Å². The van der Waals surface area contributed by atoms with E-state index in [0.717, 1.165) is 30.3 Å². The van der Waals surface area contributed by atoms with Crippen molar-refractivity contribution < 1.29 is 4.39 Å². The van der Waals surface area contributed by atoms with E-state index in [9.17, 15) is 4.39 Å². The number of nitrogens with one attached hydrogen (secondary N) is 1. The first-order valence-electron chi connectivity index (χ1n) is 6.32. The molecular weight excluding hydrogens is 215 g/mol. The lowest BCUT2D eigenvalue weighted by Gasteiger charge is -2.17. The number of nitrogens with zero attached hydrogens (tertiary/aromatic N) is 1. The van der Waals surface area contributed by atoms with Crippen molar-refractivity contribution in [3.05, 3.63) is 35.1 Å². The van der Waals surface area contributed by atoms with Crippen molar-refractivity contribution in [2.24, 2.45) is 0 Å². The van der Waals surface area contributed by atoms with Gasteiger partial charge >= 0.3 is 0 Å². The summed E-state index contributed by atoms with van der Waals surface area (Å²) in [6, 6.07) is 6.35. The van der Waals surface area contributed by atoms with Crippen LogP contribution in [0.1, 0.15) is 24.0 Å². The van der Waals surface area contributed by atoms with Gasteiger partial charge in [0.2, 0.25) is 0 Å². The lowest BCUT2D eigenvalue weighted by atomic mass is 10.1. The van der Waals surface area contributed by atoms with E-state index >= 15 is 0 Å². The third-order valence-corrected chi connectivity index (χ3v) is 3.22. The van der Waals surface area contributed by atoms with Crippen molar-refractivity contribution in [2.75, 3.05) is 20.1 Å². The van der Waals surface area contributed by atoms with Crippen LogP contribution in [0.5, 0.6) is 0 Å².